The molecule has 0 radical (unpaired) electrons. The summed E-state index contributed by atoms with van der Waals surface area (Å²) in [5, 5.41) is 5.41. The molecule has 1 rings (SSSR count). The van der Waals surface area contributed by atoms with Crippen LogP contribution in [-0.2, 0) is 9.59 Å². The van der Waals surface area contributed by atoms with Crippen LogP contribution in [-0.4, -0.2) is 32.6 Å². The normalized spacial score (nSPS) is 17.9. The van der Waals surface area contributed by atoms with Gasteiger partial charge in [0.25, 0.3) is 0 Å². The minimum atomic E-state index is -0.105. The van der Waals surface area contributed by atoms with Crippen LogP contribution in [0.4, 0.5) is 0 Å². The van der Waals surface area contributed by atoms with Crippen LogP contribution in [0, 0.1) is 5.92 Å². The molecule has 1 fully saturated rings. The Bertz CT molecular complexity index is 251. The van der Waals surface area contributed by atoms with Gasteiger partial charge in [-0.25, -0.2) is 0 Å². The standard InChI is InChI=1S/C12H23BN2O2/c13-9-15-11(16)8-14-12(17)10-6-4-2-1-3-5-7-10/h10H,1-9,13H2,(H,14,17)(H,15,16). The van der Waals surface area contributed by atoms with Crippen molar-refractivity contribution in [2.45, 2.75) is 44.9 Å². The zero-order chi connectivity index (χ0) is 12.5. The van der Waals surface area contributed by atoms with Crippen molar-refractivity contribution in [3.8, 4) is 0 Å². The van der Waals surface area contributed by atoms with Gasteiger partial charge in [0.2, 0.25) is 11.8 Å². The molecule has 2 amide bonds. The van der Waals surface area contributed by atoms with E-state index in [1.165, 1.54) is 19.3 Å². The Hall–Kier alpha value is -0.995. The fourth-order valence-corrected chi connectivity index (χ4v) is 2.29. The number of rotatable bonds is 4. The number of amides is 2. The molecule has 4 nitrogen and oxygen atoms in total. The lowest BCUT2D eigenvalue weighted by atomic mass is 9.90. The molecule has 0 aromatic rings. The summed E-state index contributed by atoms with van der Waals surface area (Å²) in [4.78, 5) is 23.1. The van der Waals surface area contributed by atoms with Gasteiger partial charge < -0.3 is 10.6 Å². The molecule has 0 aliphatic heterocycles. The first-order chi connectivity index (χ1) is 8.24. The van der Waals surface area contributed by atoms with Crippen LogP contribution < -0.4 is 10.6 Å². The average Bonchev–Trinajstić information content (AvgIpc) is 2.26. The van der Waals surface area contributed by atoms with Crippen molar-refractivity contribution in [3.05, 3.63) is 0 Å². The second-order valence-corrected chi connectivity index (χ2v) is 4.71. The average molecular weight is 238 g/mol. The predicted molar refractivity (Wildman–Crippen MR) is 70.4 cm³/mol. The van der Waals surface area contributed by atoms with E-state index in [1.54, 1.807) is 0 Å². The maximum atomic E-state index is 11.9. The van der Waals surface area contributed by atoms with Crippen LogP contribution in [0.1, 0.15) is 44.9 Å². The van der Waals surface area contributed by atoms with Gasteiger partial charge in [-0.3, -0.25) is 9.59 Å². The minimum Gasteiger partial charge on any atom is -0.363 e. The summed E-state index contributed by atoms with van der Waals surface area (Å²) >= 11 is 0. The van der Waals surface area contributed by atoms with Crippen molar-refractivity contribution < 1.29 is 9.59 Å². The molecule has 0 spiro atoms. The van der Waals surface area contributed by atoms with Gasteiger partial charge in [-0.1, -0.05) is 32.1 Å². The fourth-order valence-electron chi connectivity index (χ4n) is 2.29. The smallest absolute Gasteiger partial charge is 0.238 e. The van der Waals surface area contributed by atoms with Crippen molar-refractivity contribution in [1.29, 1.82) is 0 Å². The van der Waals surface area contributed by atoms with E-state index in [2.05, 4.69) is 10.6 Å². The molecular weight excluding hydrogens is 215 g/mol. The fraction of sp³-hybridized carbons (Fsp3) is 0.833. The summed E-state index contributed by atoms with van der Waals surface area (Å²) < 4.78 is 0. The largest absolute Gasteiger partial charge is 0.363 e. The van der Waals surface area contributed by atoms with Crippen molar-refractivity contribution in [1.82, 2.24) is 10.6 Å². The molecule has 0 aromatic heterocycles. The lowest BCUT2D eigenvalue weighted by molar-refractivity contribution is -0.128. The molecule has 0 atom stereocenters. The Balaban J connectivity index is 2.27. The Morgan fingerprint density at radius 2 is 1.59 bits per heavy atom. The molecule has 17 heavy (non-hydrogen) atoms. The van der Waals surface area contributed by atoms with Crippen molar-refractivity contribution in [2.24, 2.45) is 5.92 Å². The maximum Gasteiger partial charge on any atom is 0.238 e. The van der Waals surface area contributed by atoms with Crippen LogP contribution >= 0.6 is 0 Å². The molecule has 0 saturated heterocycles. The number of hydrogen-bond donors (Lipinski definition) is 2. The zero-order valence-corrected chi connectivity index (χ0v) is 10.8. The highest BCUT2D eigenvalue weighted by Gasteiger charge is 2.19. The molecular formula is C12H23BN2O2. The van der Waals surface area contributed by atoms with Gasteiger partial charge in [-0.2, -0.15) is 0 Å². The highest BCUT2D eigenvalue weighted by atomic mass is 16.2. The first-order valence-electron chi connectivity index (χ1n) is 6.78. The van der Waals surface area contributed by atoms with Crippen molar-refractivity contribution in [2.75, 3.05) is 13.0 Å². The predicted octanol–water partition coefficient (Wildman–Crippen LogP) is 0.170. The molecule has 0 bridgehead atoms. The van der Waals surface area contributed by atoms with E-state index in [9.17, 15) is 9.59 Å². The minimum absolute atomic E-state index is 0.0538. The Morgan fingerprint density at radius 3 is 2.18 bits per heavy atom. The molecule has 96 valence electrons. The van der Waals surface area contributed by atoms with Gasteiger partial charge in [-0.05, 0) is 19.3 Å². The SMILES string of the molecule is BCNC(=O)CNC(=O)C1CCCCCCC1. The van der Waals surface area contributed by atoms with E-state index < -0.39 is 0 Å². The first kappa shape index (κ1) is 14.1. The van der Waals surface area contributed by atoms with E-state index >= 15 is 0 Å². The molecule has 2 N–H and O–H groups in total. The van der Waals surface area contributed by atoms with Crippen LogP contribution in [0.2, 0.25) is 0 Å². The monoisotopic (exact) mass is 238 g/mol. The van der Waals surface area contributed by atoms with E-state index in [0.29, 0.717) is 6.44 Å². The van der Waals surface area contributed by atoms with E-state index in [-0.39, 0.29) is 24.3 Å². The number of nitrogens with one attached hydrogen (secondary N) is 2. The molecule has 1 saturated carbocycles. The molecule has 5 heteroatoms. The third-order valence-corrected chi connectivity index (χ3v) is 3.27. The van der Waals surface area contributed by atoms with Crippen LogP contribution in [0.5, 0.6) is 0 Å². The Labute approximate surface area is 104 Å². The first-order valence-corrected chi connectivity index (χ1v) is 6.78. The van der Waals surface area contributed by atoms with Gasteiger partial charge in [-0.15, -0.1) is 0 Å². The zero-order valence-electron chi connectivity index (χ0n) is 10.8. The summed E-state index contributed by atoms with van der Waals surface area (Å²) in [5.41, 5.74) is 0. The summed E-state index contributed by atoms with van der Waals surface area (Å²) in [7, 11) is 1.87. The lowest BCUT2D eigenvalue weighted by Crippen LogP contribution is -2.40. The number of carbonyl (C=O) groups excluding carboxylic acids is 2. The van der Waals surface area contributed by atoms with Crippen molar-refractivity contribution >= 4 is 19.7 Å². The van der Waals surface area contributed by atoms with Gasteiger partial charge in [0.05, 0.1) is 6.54 Å². The van der Waals surface area contributed by atoms with Gasteiger partial charge in [0.15, 0.2) is 0 Å². The van der Waals surface area contributed by atoms with Gasteiger partial charge in [0, 0.05) is 5.92 Å². The highest BCUT2D eigenvalue weighted by Crippen LogP contribution is 2.22. The maximum absolute atomic E-state index is 11.9. The van der Waals surface area contributed by atoms with E-state index in [0.717, 1.165) is 25.7 Å². The third-order valence-electron chi connectivity index (χ3n) is 3.27. The molecule has 1 aliphatic rings. The topological polar surface area (TPSA) is 58.2 Å². The molecule has 0 unspecified atom stereocenters. The third kappa shape index (κ3) is 5.75. The van der Waals surface area contributed by atoms with E-state index in [1.807, 2.05) is 7.85 Å². The van der Waals surface area contributed by atoms with Crippen LogP contribution in [0.15, 0.2) is 0 Å². The Kier molecular flexibility index (Phi) is 6.74. The Morgan fingerprint density at radius 1 is 1.00 bits per heavy atom. The lowest BCUT2D eigenvalue weighted by Gasteiger charge is -2.18. The second-order valence-electron chi connectivity index (χ2n) is 4.71. The summed E-state index contributed by atoms with van der Waals surface area (Å²) in [6, 6.07) is 0. The van der Waals surface area contributed by atoms with Crippen LogP contribution in [0.25, 0.3) is 0 Å². The summed E-state index contributed by atoms with van der Waals surface area (Å²) in [6.07, 6.45) is 8.60. The quantitative estimate of drug-likeness (QED) is 0.686. The number of hydrogen-bond acceptors (Lipinski definition) is 2. The molecule has 0 heterocycles. The van der Waals surface area contributed by atoms with Gasteiger partial charge >= 0.3 is 0 Å². The number of carbonyl (C=O) groups is 2. The highest BCUT2D eigenvalue weighted by molar-refractivity contribution is 6.10. The van der Waals surface area contributed by atoms with Crippen molar-refractivity contribution in [3.63, 3.8) is 0 Å². The molecule has 1 aliphatic carbocycles. The van der Waals surface area contributed by atoms with E-state index in [4.69, 9.17) is 0 Å². The summed E-state index contributed by atoms with van der Waals surface area (Å²) in [5.74, 6) is 0.0644. The summed E-state index contributed by atoms with van der Waals surface area (Å²) in [6.45, 7) is 0.114. The van der Waals surface area contributed by atoms with Crippen LogP contribution in [0.3, 0.4) is 0 Å². The van der Waals surface area contributed by atoms with Gasteiger partial charge in [0.1, 0.15) is 7.85 Å². The molecule has 0 aromatic carbocycles. The second kappa shape index (κ2) is 8.15.